The Morgan fingerprint density at radius 2 is 2.35 bits per heavy atom. The lowest BCUT2D eigenvalue weighted by molar-refractivity contribution is -0.123. The zero-order valence-electron chi connectivity index (χ0n) is 11.2. The predicted molar refractivity (Wildman–Crippen MR) is 70.8 cm³/mol. The zero-order valence-corrected chi connectivity index (χ0v) is 11.2. The Kier molecular flexibility index (Phi) is 6.52. The number of hydrogen-bond acceptors (Lipinski definition) is 3. The lowest BCUT2D eigenvalue weighted by Gasteiger charge is -2.24. The fourth-order valence-corrected chi connectivity index (χ4v) is 2.39. The molecule has 4 nitrogen and oxygen atoms in total. The maximum Gasteiger partial charge on any atom is 0.234 e. The van der Waals surface area contributed by atoms with Crippen LogP contribution in [0.15, 0.2) is 0 Å². The van der Waals surface area contributed by atoms with Crippen molar-refractivity contribution >= 4 is 5.91 Å². The SMILES string of the molecule is CCC(C)NC(=O)CN1CCCC1CCCN. The third-order valence-corrected chi connectivity index (χ3v) is 3.61. The van der Waals surface area contributed by atoms with Crippen molar-refractivity contribution in [3.63, 3.8) is 0 Å². The summed E-state index contributed by atoms with van der Waals surface area (Å²) in [7, 11) is 0. The van der Waals surface area contributed by atoms with E-state index in [1.807, 2.05) is 6.92 Å². The average molecular weight is 241 g/mol. The normalized spacial score (nSPS) is 22.6. The summed E-state index contributed by atoms with van der Waals surface area (Å²) in [5, 5.41) is 3.03. The summed E-state index contributed by atoms with van der Waals surface area (Å²) in [6, 6.07) is 0.855. The Bertz CT molecular complexity index is 233. The zero-order chi connectivity index (χ0) is 12.7. The molecule has 0 aliphatic carbocycles. The van der Waals surface area contributed by atoms with E-state index in [0.29, 0.717) is 12.6 Å². The second kappa shape index (κ2) is 7.67. The smallest absolute Gasteiger partial charge is 0.234 e. The number of nitrogens with one attached hydrogen (secondary N) is 1. The molecular weight excluding hydrogens is 214 g/mol. The molecule has 3 N–H and O–H groups in total. The van der Waals surface area contributed by atoms with Crippen molar-refractivity contribution in [1.29, 1.82) is 0 Å². The average Bonchev–Trinajstić information content (AvgIpc) is 2.73. The van der Waals surface area contributed by atoms with Gasteiger partial charge in [-0.05, 0) is 52.1 Å². The van der Waals surface area contributed by atoms with Crippen LogP contribution in [0.25, 0.3) is 0 Å². The Morgan fingerprint density at radius 1 is 1.59 bits per heavy atom. The fourth-order valence-electron chi connectivity index (χ4n) is 2.39. The summed E-state index contributed by atoms with van der Waals surface area (Å²) >= 11 is 0. The Balaban J connectivity index is 2.31. The van der Waals surface area contributed by atoms with Crippen molar-refractivity contribution in [2.75, 3.05) is 19.6 Å². The van der Waals surface area contributed by atoms with Crippen LogP contribution in [0.4, 0.5) is 0 Å². The molecule has 0 spiro atoms. The number of hydrogen-bond donors (Lipinski definition) is 2. The van der Waals surface area contributed by atoms with Gasteiger partial charge in [-0.3, -0.25) is 9.69 Å². The van der Waals surface area contributed by atoms with Gasteiger partial charge in [-0.2, -0.15) is 0 Å². The minimum Gasteiger partial charge on any atom is -0.353 e. The maximum absolute atomic E-state index is 11.8. The summed E-state index contributed by atoms with van der Waals surface area (Å²) in [6.45, 7) is 6.50. The van der Waals surface area contributed by atoms with Crippen LogP contribution in [0, 0.1) is 0 Å². The minimum atomic E-state index is 0.166. The van der Waals surface area contributed by atoms with Gasteiger partial charge in [-0.1, -0.05) is 6.92 Å². The molecule has 2 atom stereocenters. The molecule has 0 saturated carbocycles. The first-order chi connectivity index (χ1) is 8.17. The molecule has 1 amide bonds. The van der Waals surface area contributed by atoms with E-state index in [2.05, 4.69) is 17.1 Å². The molecule has 1 heterocycles. The van der Waals surface area contributed by atoms with E-state index in [4.69, 9.17) is 5.73 Å². The van der Waals surface area contributed by atoms with Gasteiger partial charge in [0.2, 0.25) is 5.91 Å². The molecule has 0 aromatic heterocycles. The van der Waals surface area contributed by atoms with Crippen LogP contribution < -0.4 is 11.1 Å². The van der Waals surface area contributed by atoms with Gasteiger partial charge >= 0.3 is 0 Å². The maximum atomic E-state index is 11.8. The molecular formula is C13H27N3O. The van der Waals surface area contributed by atoms with Gasteiger partial charge < -0.3 is 11.1 Å². The summed E-state index contributed by atoms with van der Waals surface area (Å²) < 4.78 is 0. The second-order valence-electron chi connectivity index (χ2n) is 5.07. The highest BCUT2D eigenvalue weighted by molar-refractivity contribution is 5.78. The lowest BCUT2D eigenvalue weighted by atomic mass is 10.1. The third-order valence-electron chi connectivity index (χ3n) is 3.61. The number of likely N-dealkylation sites (tertiary alicyclic amines) is 1. The highest BCUT2D eigenvalue weighted by Gasteiger charge is 2.25. The van der Waals surface area contributed by atoms with Crippen molar-refractivity contribution in [2.24, 2.45) is 5.73 Å². The second-order valence-corrected chi connectivity index (χ2v) is 5.07. The topological polar surface area (TPSA) is 58.4 Å². The molecule has 1 saturated heterocycles. The number of rotatable bonds is 7. The van der Waals surface area contributed by atoms with Gasteiger partial charge in [-0.15, -0.1) is 0 Å². The molecule has 1 fully saturated rings. The summed E-state index contributed by atoms with van der Waals surface area (Å²) in [5.74, 6) is 0.166. The van der Waals surface area contributed by atoms with Crippen LogP contribution in [-0.2, 0) is 4.79 Å². The predicted octanol–water partition coefficient (Wildman–Crippen LogP) is 1.10. The van der Waals surface area contributed by atoms with Crippen LogP contribution in [0.2, 0.25) is 0 Å². The Morgan fingerprint density at radius 3 is 3.00 bits per heavy atom. The van der Waals surface area contributed by atoms with E-state index in [9.17, 15) is 4.79 Å². The molecule has 0 aromatic rings. The van der Waals surface area contributed by atoms with E-state index in [-0.39, 0.29) is 11.9 Å². The molecule has 100 valence electrons. The van der Waals surface area contributed by atoms with Crippen molar-refractivity contribution < 1.29 is 4.79 Å². The van der Waals surface area contributed by atoms with Crippen molar-refractivity contribution in [2.45, 2.75) is 58.0 Å². The highest BCUT2D eigenvalue weighted by atomic mass is 16.2. The number of nitrogens with zero attached hydrogens (tertiary/aromatic N) is 1. The van der Waals surface area contributed by atoms with Gasteiger partial charge in [-0.25, -0.2) is 0 Å². The first-order valence-corrected chi connectivity index (χ1v) is 6.90. The monoisotopic (exact) mass is 241 g/mol. The van der Waals surface area contributed by atoms with Gasteiger partial charge in [0, 0.05) is 12.1 Å². The standard InChI is InChI=1S/C13H27N3O/c1-3-11(2)15-13(17)10-16-9-5-7-12(16)6-4-8-14/h11-12H,3-10,14H2,1-2H3,(H,15,17). The molecule has 17 heavy (non-hydrogen) atoms. The van der Waals surface area contributed by atoms with Crippen LogP contribution in [0.1, 0.15) is 46.0 Å². The molecule has 0 bridgehead atoms. The quantitative estimate of drug-likeness (QED) is 0.702. The summed E-state index contributed by atoms with van der Waals surface area (Å²) in [6.07, 6.45) is 5.62. The Hall–Kier alpha value is -0.610. The highest BCUT2D eigenvalue weighted by Crippen LogP contribution is 2.20. The fraction of sp³-hybridized carbons (Fsp3) is 0.923. The number of carbonyl (C=O) groups is 1. The van der Waals surface area contributed by atoms with E-state index in [0.717, 1.165) is 32.4 Å². The summed E-state index contributed by atoms with van der Waals surface area (Å²) in [4.78, 5) is 14.1. The third kappa shape index (κ3) is 5.04. The first kappa shape index (κ1) is 14.5. The van der Waals surface area contributed by atoms with E-state index < -0.39 is 0 Å². The Labute approximate surface area is 105 Å². The largest absolute Gasteiger partial charge is 0.353 e. The molecule has 1 rings (SSSR count). The van der Waals surface area contributed by atoms with Gasteiger partial charge in [0.25, 0.3) is 0 Å². The number of carbonyl (C=O) groups excluding carboxylic acids is 1. The molecule has 2 unspecified atom stereocenters. The molecule has 4 heteroatoms. The number of amides is 1. The van der Waals surface area contributed by atoms with Gasteiger partial charge in [0.15, 0.2) is 0 Å². The lowest BCUT2D eigenvalue weighted by Crippen LogP contribution is -2.42. The van der Waals surface area contributed by atoms with Crippen LogP contribution >= 0.6 is 0 Å². The van der Waals surface area contributed by atoms with Crippen LogP contribution in [-0.4, -0.2) is 42.5 Å². The first-order valence-electron chi connectivity index (χ1n) is 6.90. The van der Waals surface area contributed by atoms with Crippen LogP contribution in [0.5, 0.6) is 0 Å². The van der Waals surface area contributed by atoms with Crippen molar-refractivity contribution in [3.05, 3.63) is 0 Å². The molecule has 1 aliphatic heterocycles. The molecule has 0 aromatic carbocycles. The van der Waals surface area contributed by atoms with Gasteiger partial charge in [0.1, 0.15) is 0 Å². The number of nitrogens with two attached hydrogens (primary N) is 1. The summed E-state index contributed by atoms with van der Waals surface area (Å²) in [5.41, 5.74) is 5.54. The molecule has 1 aliphatic rings. The van der Waals surface area contributed by atoms with Crippen molar-refractivity contribution in [1.82, 2.24) is 10.2 Å². The van der Waals surface area contributed by atoms with Crippen LogP contribution in [0.3, 0.4) is 0 Å². The van der Waals surface area contributed by atoms with Gasteiger partial charge in [0.05, 0.1) is 6.54 Å². The minimum absolute atomic E-state index is 0.166. The van der Waals surface area contributed by atoms with E-state index in [1.165, 1.54) is 12.8 Å². The van der Waals surface area contributed by atoms with E-state index >= 15 is 0 Å². The molecule has 0 radical (unpaired) electrons. The van der Waals surface area contributed by atoms with E-state index in [1.54, 1.807) is 0 Å². The van der Waals surface area contributed by atoms with Crippen molar-refractivity contribution in [3.8, 4) is 0 Å².